The summed E-state index contributed by atoms with van der Waals surface area (Å²) in [5.74, 6) is 1.83. The molecule has 8 fully saturated rings. The molecule has 74 heavy (non-hydrogen) atoms. The van der Waals surface area contributed by atoms with E-state index in [1.54, 1.807) is 0 Å². The Kier molecular flexibility index (Phi) is 23.1. The predicted molar refractivity (Wildman–Crippen MR) is 279 cm³/mol. The molecule has 15 nitrogen and oxygen atoms in total. The summed E-state index contributed by atoms with van der Waals surface area (Å²) in [6.45, 7) is 10.9. The number of rotatable bonds is 21. The van der Waals surface area contributed by atoms with Gasteiger partial charge in [-0.1, -0.05) is 20.8 Å². The molecule has 8 aliphatic carbocycles. The van der Waals surface area contributed by atoms with Crippen LogP contribution in [-0.2, 0) is 33.2 Å². The van der Waals surface area contributed by atoms with Crippen LogP contribution in [-0.4, -0.2) is 179 Å². The van der Waals surface area contributed by atoms with Gasteiger partial charge in [0, 0.05) is 46.2 Å². The normalized spacial score (nSPS) is 45.0. The molecule has 0 heterocycles. The second kappa shape index (κ2) is 28.7. The van der Waals surface area contributed by atoms with Gasteiger partial charge in [0.25, 0.3) is 0 Å². The van der Waals surface area contributed by atoms with E-state index in [-0.39, 0.29) is 78.2 Å². The number of hydrogen-bond donors (Lipinski definition) is 8. The van der Waals surface area contributed by atoms with Crippen LogP contribution in [0.2, 0.25) is 0 Å². The third-order valence-corrected chi connectivity index (χ3v) is 19.0. The van der Waals surface area contributed by atoms with Crippen LogP contribution in [0.4, 0.5) is 0 Å². The van der Waals surface area contributed by atoms with E-state index in [1.807, 2.05) is 0 Å². The van der Waals surface area contributed by atoms with Gasteiger partial charge < -0.3 is 74.0 Å². The third-order valence-electron chi connectivity index (χ3n) is 19.0. The maximum Gasteiger partial charge on any atom is 0.0603 e. The summed E-state index contributed by atoms with van der Waals surface area (Å²) in [5.41, 5.74) is 0.312. The molecule has 8 saturated carbocycles. The lowest BCUT2D eigenvalue weighted by molar-refractivity contribution is -0.126. The average molecular weight is 1050 g/mol. The van der Waals surface area contributed by atoms with E-state index < -0.39 is 48.8 Å². The molecule has 0 bridgehead atoms. The van der Waals surface area contributed by atoms with Crippen molar-refractivity contribution in [1.82, 2.24) is 0 Å². The highest BCUT2D eigenvalue weighted by atomic mass is 16.5. The van der Waals surface area contributed by atoms with Gasteiger partial charge in [-0.3, -0.25) is 0 Å². The lowest BCUT2D eigenvalue weighted by Gasteiger charge is -2.40. The number of hydrogen-bond acceptors (Lipinski definition) is 15. The van der Waals surface area contributed by atoms with Crippen LogP contribution in [0, 0.1) is 52.8 Å². The summed E-state index contributed by atoms with van der Waals surface area (Å²) in [6.07, 6.45) is 14.9. The second-order valence-corrected chi connectivity index (χ2v) is 27.1. The molecule has 14 atom stereocenters. The van der Waals surface area contributed by atoms with Gasteiger partial charge in [-0.2, -0.15) is 0 Å². The molecule has 0 spiro atoms. The second-order valence-electron chi connectivity index (χ2n) is 27.1. The molecule has 0 aliphatic heterocycles. The zero-order valence-corrected chi connectivity index (χ0v) is 45.8. The third kappa shape index (κ3) is 19.6. The zero-order chi connectivity index (χ0) is 52.4. The molecular formula is C59H104O15. The highest BCUT2D eigenvalue weighted by Crippen LogP contribution is 2.41. The smallest absolute Gasteiger partial charge is 0.0603 e. The molecule has 15 heteroatoms. The Hall–Kier alpha value is -0.600. The minimum Gasteiger partial charge on any atom is -0.393 e. The Morgan fingerprint density at radius 3 is 0.635 bits per heavy atom. The summed E-state index contributed by atoms with van der Waals surface area (Å²) in [4.78, 5) is 0. The van der Waals surface area contributed by atoms with Crippen LogP contribution in [0.5, 0.6) is 0 Å². The van der Waals surface area contributed by atoms with Crippen LogP contribution in [0.1, 0.15) is 181 Å². The van der Waals surface area contributed by atoms with Crippen molar-refractivity contribution in [3.05, 3.63) is 0 Å². The van der Waals surface area contributed by atoms with Crippen LogP contribution in [0.15, 0.2) is 0 Å². The average Bonchev–Trinajstić information content (AvgIpc) is 3.33. The number of aliphatic hydroxyl groups is 8. The summed E-state index contributed by atoms with van der Waals surface area (Å²) >= 11 is 0. The minimum absolute atomic E-state index is 0.00372. The quantitative estimate of drug-likeness (QED) is 0.0622. The highest BCUT2D eigenvalue weighted by Gasteiger charge is 2.39. The van der Waals surface area contributed by atoms with Gasteiger partial charge in [-0.15, -0.1) is 0 Å². The van der Waals surface area contributed by atoms with E-state index in [2.05, 4.69) is 20.8 Å². The topological polar surface area (TPSA) is 226 Å². The molecule has 8 N–H and O–H groups in total. The first-order valence-corrected chi connectivity index (χ1v) is 30.2. The van der Waals surface area contributed by atoms with E-state index in [4.69, 9.17) is 33.2 Å². The van der Waals surface area contributed by atoms with E-state index in [0.717, 1.165) is 76.5 Å². The predicted octanol–water partition coefficient (Wildman–Crippen LogP) is 6.41. The van der Waals surface area contributed by atoms with Crippen molar-refractivity contribution in [2.75, 3.05) is 46.2 Å². The Balaban J connectivity index is 0.898. The standard InChI is InChI=1S/C59H104O15/c1-59(2,3)43-4-6-52(7-5-43)68-33-40-16-57(73-34-41-18-53(69-29-36-8-44(60)22-45(61)9-36)26-54(19-41)70-30-37-10-46(62)23-47(63)11-37)28-58(17-40)74-35-42-20-55(71-31-38-12-48(64)24-49(65)13-38)27-56(21-42)72-32-39-14-50(66)25-51(67)15-39/h36-58,60-67H,4-35H2,1-3H3. The molecule has 0 amide bonds. The van der Waals surface area contributed by atoms with Crippen LogP contribution < -0.4 is 0 Å². The fourth-order valence-electron chi connectivity index (χ4n) is 15.2. The lowest BCUT2D eigenvalue weighted by atomic mass is 9.72. The van der Waals surface area contributed by atoms with Crippen molar-refractivity contribution in [3.63, 3.8) is 0 Å². The Morgan fingerprint density at radius 1 is 0.243 bits per heavy atom. The van der Waals surface area contributed by atoms with Gasteiger partial charge in [0.1, 0.15) is 0 Å². The Morgan fingerprint density at radius 2 is 0.432 bits per heavy atom. The maximum atomic E-state index is 10.4. The SMILES string of the molecule is CC(C)(C)C1CCC(OCC2CC(OCC3CC(OCC4CC(O)CC(O)C4)CC(OCC4CC(O)CC(O)C4)C3)CC(OCC3CC(OCC4CC(O)CC(O)C4)CC(OCC4CC(O)CC(O)C4)C3)C2)CC1. The summed E-state index contributed by atoms with van der Waals surface area (Å²) < 4.78 is 47.3. The van der Waals surface area contributed by atoms with Gasteiger partial charge in [-0.05, 0) is 213 Å². The maximum absolute atomic E-state index is 10.4. The summed E-state index contributed by atoms with van der Waals surface area (Å²) in [6, 6.07) is 0. The Bertz CT molecular complexity index is 1380. The fourth-order valence-corrected chi connectivity index (χ4v) is 15.2. The van der Waals surface area contributed by atoms with E-state index in [0.29, 0.717) is 135 Å². The molecule has 14 unspecified atom stereocenters. The van der Waals surface area contributed by atoms with Crippen LogP contribution >= 0.6 is 0 Å². The summed E-state index contributed by atoms with van der Waals surface area (Å²) in [7, 11) is 0. The van der Waals surface area contributed by atoms with Crippen molar-refractivity contribution < 1.29 is 74.0 Å². The zero-order valence-electron chi connectivity index (χ0n) is 45.8. The molecule has 0 aromatic rings. The van der Waals surface area contributed by atoms with Gasteiger partial charge >= 0.3 is 0 Å². The first-order chi connectivity index (χ1) is 35.4. The van der Waals surface area contributed by atoms with Crippen molar-refractivity contribution >= 4 is 0 Å². The monoisotopic (exact) mass is 1050 g/mol. The van der Waals surface area contributed by atoms with Crippen LogP contribution in [0.25, 0.3) is 0 Å². The molecule has 8 rings (SSSR count). The van der Waals surface area contributed by atoms with Gasteiger partial charge in [0.05, 0.1) is 91.6 Å². The molecular weight excluding hydrogens is 949 g/mol. The first kappa shape index (κ1) is 59.5. The summed E-state index contributed by atoms with van der Waals surface area (Å²) in [5, 5.41) is 83.2. The van der Waals surface area contributed by atoms with E-state index in [1.165, 1.54) is 12.8 Å². The highest BCUT2D eigenvalue weighted by molar-refractivity contribution is 4.89. The van der Waals surface area contributed by atoms with Gasteiger partial charge in [0.2, 0.25) is 0 Å². The lowest BCUT2D eigenvalue weighted by Crippen LogP contribution is -2.41. The fraction of sp³-hybridized carbons (Fsp3) is 1.00. The molecule has 430 valence electrons. The van der Waals surface area contributed by atoms with Crippen molar-refractivity contribution in [2.45, 2.75) is 273 Å². The molecule has 0 aromatic heterocycles. The van der Waals surface area contributed by atoms with Crippen molar-refractivity contribution in [1.29, 1.82) is 0 Å². The van der Waals surface area contributed by atoms with Crippen molar-refractivity contribution in [2.24, 2.45) is 52.8 Å². The van der Waals surface area contributed by atoms with Gasteiger partial charge in [0.15, 0.2) is 0 Å². The largest absolute Gasteiger partial charge is 0.393 e. The van der Waals surface area contributed by atoms with E-state index >= 15 is 0 Å². The van der Waals surface area contributed by atoms with Crippen molar-refractivity contribution in [3.8, 4) is 0 Å². The number of ether oxygens (including phenoxy) is 7. The molecule has 0 saturated heterocycles. The molecule has 0 radical (unpaired) electrons. The number of aliphatic hydroxyl groups excluding tert-OH is 8. The van der Waals surface area contributed by atoms with Crippen LogP contribution in [0.3, 0.4) is 0 Å². The molecule has 0 aromatic carbocycles. The minimum atomic E-state index is -0.508. The molecule has 8 aliphatic rings. The van der Waals surface area contributed by atoms with E-state index in [9.17, 15) is 40.9 Å². The Labute approximate surface area is 444 Å². The van der Waals surface area contributed by atoms with Gasteiger partial charge in [-0.25, -0.2) is 0 Å². The first-order valence-electron chi connectivity index (χ1n) is 30.2.